The van der Waals surface area contributed by atoms with Crippen LogP contribution in [0, 0.1) is 6.92 Å². The maximum atomic E-state index is 10.4. The van der Waals surface area contributed by atoms with Crippen molar-refractivity contribution in [2.75, 3.05) is 20.8 Å². The molecule has 136 valence electrons. The van der Waals surface area contributed by atoms with Gasteiger partial charge in [-0.15, -0.1) is 0 Å². The lowest BCUT2D eigenvalue weighted by Crippen LogP contribution is -2.17. The van der Waals surface area contributed by atoms with Crippen molar-refractivity contribution in [2.45, 2.75) is 38.7 Å². The molecule has 0 amide bonds. The molecule has 1 N–H and O–H groups in total. The van der Waals surface area contributed by atoms with Crippen LogP contribution in [-0.4, -0.2) is 32.0 Å². The lowest BCUT2D eigenvalue weighted by atomic mass is 10.0. The van der Waals surface area contributed by atoms with E-state index in [4.69, 9.17) is 26.5 Å². The smallest absolute Gasteiger partial charge is 0.160 e. The van der Waals surface area contributed by atoms with E-state index in [1.165, 1.54) is 21.1 Å². The van der Waals surface area contributed by atoms with Crippen LogP contribution in [0.15, 0.2) is 42.3 Å². The van der Waals surface area contributed by atoms with Gasteiger partial charge in [-0.3, -0.25) is 0 Å². The van der Waals surface area contributed by atoms with Gasteiger partial charge < -0.3 is 19.3 Å². The second kappa shape index (κ2) is 9.94. The average Bonchev–Trinajstić information content (AvgIpc) is 2.80. The first-order valence-corrected chi connectivity index (χ1v) is 7.94. The molecule has 0 saturated heterocycles. The monoisotopic (exact) mass is 353 g/mol. The minimum Gasteiger partial charge on any atom is -0.493 e. The average molecular weight is 354 g/mol. The van der Waals surface area contributed by atoms with E-state index in [0.29, 0.717) is 12.8 Å². The Balaban J connectivity index is 2.09. The Morgan fingerprint density at radius 1 is 1.08 bits per heavy atom. The molecule has 0 spiro atoms. The minimum absolute atomic E-state index is 0.00839. The van der Waals surface area contributed by atoms with Crippen molar-refractivity contribution >= 4 is 0 Å². The normalized spacial score (nSPS) is 17.5. The molecule has 0 aromatic heterocycles. The molecular weight excluding hydrogens is 316 g/mol. The van der Waals surface area contributed by atoms with Gasteiger partial charge in [0, 0.05) is 0 Å². The highest BCUT2D eigenvalue weighted by Gasteiger charge is 2.07. The molecule has 0 aliphatic rings. The molecule has 0 aliphatic heterocycles. The Morgan fingerprint density at radius 2 is 1.88 bits per heavy atom. The number of hydrogen-bond acceptors (Lipinski definition) is 4. The van der Waals surface area contributed by atoms with Crippen molar-refractivity contribution < 1.29 is 31.7 Å². The van der Waals surface area contributed by atoms with Gasteiger partial charge in [-0.25, -0.2) is 0 Å². The van der Waals surface area contributed by atoms with Gasteiger partial charge in [-0.2, -0.15) is 0 Å². The van der Waals surface area contributed by atoms with Crippen LogP contribution in [0.5, 0.6) is 17.2 Å². The zero-order chi connectivity index (χ0) is 26.0. The third kappa shape index (κ3) is 6.31. The Kier molecular flexibility index (Phi) is 4.01. The summed E-state index contributed by atoms with van der Waals surface area (Å²) in [5, 5.41) is 10.4. The van der Waals surface area contributed by atoms with E-state index >= 15 is 0 Å². The third-order valence-electron chi connectivity index (χ3n) is 3.38. The van der Waals surface area contributed by atoms with Crippen LogP contribution in [-0.2, 0) is 6.42 Å². The van der Waals surface area contributed by atoms with E-state index in [9.17, 15) is 5.11 Å². The van der Waals surface area contributed by atoms with Crippen LogP contribution < -0.4 is 14.2 Å². The lowest BCUT2D eigenvalue weighted by Gasteiger charge is -2.13. The summed E-state index contributed by atoms with van der Waals surface area (Å²) >= 11 is 0. The molecule has 4 heteroatoms. The fourth-order valence-electron chi connectivity index (χ4n) is 2.12. The fraction of sp³-hybridized carbons (Fsp3) is 0.429. The molecule has 0 heterocycles. The zero-order valence-corrected chi connectivity index (χ0v) is 14.6. The maximum absolute atomic E-state index is 10.4. The number of aliphatic hydroxyl groups is 1. The number of methoxy groups -OCH3 is 2. The van der Waals surface area contributed by atoms with E-state index in [-0.39, 0.29) is 65.7 Å². The highest BCUT2D eigenvalue weighted by Crippen LogP contribution is 2.28. The van der Waals surface area contributed by atoms with Crippen molar-refractivity contribution in [2.24, 2.45) is 0 Å². The largest absolute Gasteiger partial charge is 0.493 e. The molecule has 0 fully saturated rings. The summed E-state index contributed by atoms with van der Waals surface area (Å²) in [6.45, 7) is -1.26. The number of benzene rings is 2. The number of hydrogen-bond donors (Lipinski definition) is 1. The molecule has 1 unspecified atom stereocenters. The summed E-state index contributed by atoms with van der Waals surface area (Å²) in [5.41, 5.74) is 0.352. The summed E-state index contributed by atoms with van der Waals surface area (Å²) in [6, 6.07) is -2.20. The van der Waals surface area contributed by atoms with E-state index in [0.717, 1.165) is 0 Å². The molecule has 1 atom stereocenters. The molecule has 0 saturated carbocycles. The SMILES string of the molecule is [2H]c1c([2H])c(C)c([2H])c(OC([2H])([2H])C(O)CCCCc2c([2H])c([2H])c(OC)c(OC)c2[2H])c1[2H]. The molecule has 25 heavy (non-hydrogen) atoms. The first-order chi connectivity index (χ1) is 15.8. The predicted octanol–water partition coefficient (Wildman–Crippen LogP) is 4.16. The van der Waals surface area contributed by atoms with Crippen molar-refractivity contribution in [3.05, 3.63) is 53.4 Å². The molecule has 0 bridgehead atoms. The second-order valence-corrected chi connectivity index (χ2v) is 5.36. The van der Waals surface area contributed by atoms with Crippen molar-refractivity contribution in [3.8, 4) is 17.2 Å². The summed E-state index contributed by atoms with van der Waals surface area (Å²) < 4.78 is 87.4. The van der Waals surface area contributed by atoms with Gasteiger partial charge in [0.2, 0.25) is 0 Å². The Labute approximate surface area is 163 Å². The van der Waals surface area contributed by atoms with Gasteiger partial charge >= 0.3 is 0 Å². The Morgan fingerprint density at radius 3 is 2.64 bits per heavy atom. The highest BCUT2D eigenvalue weighted by atomic mass is 16.5. The zero-order valence-electron chi connectivity index (χ0n) is 23.6. The lowest BCUT2D eigenvalue weighted by molar-refractivity contribution is 0.0976. The van der Waals surface area contributed by atoms with Crippen LogP contribution >= 0.6 is 0 Å². The molecule has 0 radical (unpaired) electrons. The molecule has 2 aromatic rings. The second-order valence-electron chi connectivity index (χ2n) is 5.36. The summed E-state index contributed by atoms with van der Waals surface area (Å²) in [5.74, 6) is -0.439. The fourth-order valence-corrected chi connectivity index (χ4v) is 2.12. The van der Waals surface area contributed by atoms with Crippen molar-refractivity contribution in [3.63, 3.8) is 0 Å². The van der Waals surface area contributed by atoms with Gasteiger partial charge in [0.15, 0.2) is 11.5 Å². The molecule has 0 aliphatic carbocycles. The van der Waals surface area contributed by atoms with E-state index in [1.807, 2.05) is 0 Å². The first kappa shape index (κ1) is 10.1. The number of aliphatic hydroxyl groups excluding tert-OH is 1. The van der Waals surface area contributed by atoms with E-state index in [2.05, 4.69) is 0 Å². The van der Waals surface area contributed by atoms with Crippen LogP contribution in [0.1, 0.15) is 42.7 Å². The van der Waals surface area contributed by atoms with Gasteiger partial charge in [-0.05, 0) is 61.5 Å². The van der Waals surface area contributed by atoms with E-state index in [1.54, 1.807) is 0 Å². The maximum Gasteiger partial charge on any atom is 0.160 e. The van der Waals surface area contributed by atoms with Crippen LogP contribution in [0.2, 0.25) is 0 Å². The standard InChI is InChI=1S/C21H28O4/c1-16-7-6-10-19(13-16)25-15-18(22)9-5-4-8-17-11-12-20(23-2)21(14-17)24-3/h6-7,10-14,18,22H,4-5,8-9,15H2,1-3H3/i6D,7D,10D,11D,12D,13D,14D,15D2. The number of rotatable bonds is 10. The molecule has 4 nitrogen and oxygen atoms in total. The van der Waals surface area contributed by atoms with Gasteiger partial charge in [-0.1, -0.05) is 24.5 Å². The third-order valence-corrected chi connectivity index (χ3v) is 3.38. The van der Waals surface area contributed by atoms with Crippen LogP contribution in [0.25, 0.3) is 0 Å². The Hall–Kier alpha value is -2.20. The highest BCUT2D eigenvalue weighted by molar-refractivity contribution is 5.42. The molecule has 2 rings (SSSR count). The predicted molar refractivity (Wildman–Crippen MR) is 99.8 cm³/mol. The van der Waals surface area contributed by atoms with Gasteiger partial charge in [0.1, 0.15) is 12.3 Å². The molecule has 2 aromatic carbocycles. The number of unbranched alkanes of at least 4 members (excludes halogenated alkanes) is 1. The summed E-state index contributed by atoms with van der Waals surface area (Å²) in [6.07, 6.45) is -0.796. The van der Waals surface area contributed by atoms with Crippen LogP contribution in [0.3, 0.4) is 0 Å². The quantitative estimate of drug-likeness (QED) is 0.652. The Bertz CT molecular complexity index is 1030. The van der Waals surface area contributed by atoms with Crippen molar-refractivity contribution in [1.82, 2.24) is 0 Å². The first-order valence-electron chi connectivity index (χ1n) is 12.4. The number of ether oxygens (including phenoxy) is 3. The summed E-state index contributed by atoms with van der Waals surface area (Å²) in [7, 11) is 2.67. The minimum atomic E-state index is -2.66. The van der Waals surface area contributed by atoms with Gasteiger partial charge in [0.05, 0.1) is 32.7 Å². The summed E-state index contributed by atoms with van der Waals surface area (Å²) in [4.78, 5) is 0. The van der Waals surface area contributed by atoms with Crippen LogP contribution in [0.4, 0.5) is 0 Å². The van der Waals surface area contributed by atoms with Crippen molar-refractivity contribution in [1.29, 1.82) is 0 Å². The van der Waals surface area contributed by atoms with E-state index < -0.39 is 30.5 Å². The topological polar surface area (TPSA) is 47.9 Å². The van der Waals surface area contributed by atoms with Gasteiger partial charge in [0.25, 0.3) is 0 Å². The molecular formula is C21H28O4.